The van der Waals surface area contributed by atoms with Gasteiger partial charge in [-0.1, -0.05) is 19.1 Å². The molecule has 1 heterocycles. The summed E-state index contributed by atoms with van der Waals surface area (Å²) in [7, 11) is 0. The van der Waals surface area contributed by atoms with Crippen LogP contribution in [0.4, 0.5) is 4.39 Å². The summed E-state index contributed by atoms with van der Waals surface area (Å²) < 4.78 is 13.8. The molecule has 18 heavy (non-hydrogen) atoms. The predicted molar refractivity (Wildman–Crippen MR) is 72.9 cm³/mol. The number of hydrogen-bond acceptors (Lipinski definition) is 2. The summed E-state index contributed by atoms with van der Waals surface area (Å²) >= 11 is 0. The summed E-state index contributed by atoms with van der Waals surface area (Å²) in [5.41, 5.74) is 2.00. The Morgan fingerprint density at radius 2 is 2.28 bits per heavy atom. The Bertz CT molecular complexity index is 392. The molecule has 1 N–H and O–H groups in total. The van der Waals surface area contributed by atoms with Crippen LogP contribution in [0.5, 0.6) is 0 Å². The van der Waals surface area contributed by atoms with E-state index < -0.39 is 0 Å². The second-order valence-electron chi connectivity index (χ2n) is 5.17. The Balaban J connectivity index is 2.06. The third-order valence-corrected chi connectivity index (χ3v) is 3.75. The van der Waals surface area contributed by atoms with E-state index in [1.165, 1.54) is 18.4 Å². The average Bonchev–Trinajstić information content (AvgIpc) is 2.76. The maximum atomic E-state index is 13.8. The highest BCUT2D eigenvalue weighted by atomic mass is 19.1. The minimum atomic E-state index is -0.0747. The Kier molecular flexibility index (Phi) is 4.72. The van der Waals surface area contributed by atoms with E-state index in [0.717, 1.165) is 31.7 Å². The zero-order valence-electron chi connectivity index (χ0n) is 11.4. The van der Waals surface area contributed by atoms with Gasteiger partial charge in [-0.15, -0.1) is 0 Å². The molecule has 0 radical (unpaired) electrons. The normalized spacial score (nSPS) is 20.5. The first kappa shape index (κ1) is 13.5. The molecule has 2 rings (SSSR count). The predicted octanol–water partition coefficient (Wildman–Crippen LogP) is 2.92. The first-order valence-corrected chi connectivity index (χ1v) is 6.92. The molecule has 1 fully saturated rings. The zero-order chi connectivity index (χ0) is 13.0. The molecule has 1 atom stereocenters. The summed E-state index contributed by atoms with van der Waals surface area (Å²) in [5.74, 6) is -0.0747. The number of nitrogens with one attached hydrogen (secondary N) is 1. The van der Waals surface area contributed by atoms with Crippen molar-refractivity contribution in [2.24, 2.45) is 0 Å². The van der Waals surface area contributed by atoms with Gasteiger partial charge in [0.05, 0.1) is 0 Å². The molecule has 0 amide bonds. The van der Waals surface area contributed by atoms with Crippen LogP contribution in [0.3, 0.4) is 0 Å². The molecule has 1 aliphatic heterocycles. The molecule has 100 valence electrons. The topological polar surface area (TPSA) is 15.3 Å². The van der Waals surface area contributed by atoms with E-state index >= 15 is 0 Å². The van der Waals surface area contributed by atoms with Gasteiger partial charge in [-0.05, 0) is 44.5 Å². The lowest BCUT2D eigenvalue weighted by atomic mass is 10.1. The number of likely N-dealkylation sites (tertiary alicyclic amines) is 1. The third kappa shape index (κ3) is 3.30. The van der Waals surface area contributed by atoms with Crippen molar-refractivity contribution in [3.63, 3.8) is 0 Å². The van der Waals surface area contributed by atoms with Gasteiger partial charge in [0.25, 0.3) is 0 Å². The Morgan fingerprint density at radius 1 is 1.44 bits per heavy atom. The minimum absolute atomic E-state index is 0.0747. The van der Waals surface area contributed by atoms with Crippen molar-refractivity contribution in [1.29, 1.82) is 0 Å². The standard InChI is InChI=1S/C15H23FN2/c1-3-17-10-13-6-7-15(16)14(9-13)11-18-8-4-5-12(18)2/h6-7,9,12,17H,3-5,8,10-11H2,1-2H3. The number of rotatable bonds is 5. The quantitative estimate of drug-likeness (QED) is 0.864. The summed E-state index contributed by atoms with van der Waals surface area (Å²) in [6.45, 7) is 7.91. The van der Waals surface area contributed by atoms with Gasteiger partial charge in [0, 0.05) is 24.7 Å². The summed E-state index contributed by atoms with van der Waals surface area (Å²) in [5, 5.41) is 3.28. The van der Waals surface area contributed by atoms with Crippen molar-refractivity contribution >= 4 is 0 Å². The summed E-state index contributed by atoms with van der Waals surface area (Å²) in [6, 6.07) is 6.06. The smallest absolute Gasteiger partial charge is 0.127 e. The second kappa shape index (κ2) is 6.30. The highest BCUT2D eigenvalue weighted by Gasteiger charge is 2.21. The molecule has 0 spiro atoms. The van der Waals surface area contributed by atoms with Gasteiger partial charge >= 0.3 is 0 Å². The van der Waals surface area contributed by atoms with Gasteiger partial charge in [-0.2, -0.15) is 0 Å². The van der Waals surface area contributed by atoms with Crippen LogP contribution in [0.2, 0.25) is 0 Å². The van der Waals surface area contributed by atoms with Crippen molar-refractivity contribution in [1.82, 2.24) is 10.2 Å². The molecule has 0 aliphatic carbocycles. The number of nitrogens with zero attached hydrogens (tertiary/aromatic N) is 1. The van der Waals surface area contributed by atoms with Gasteiger partial charge in [-0.25, -0.2) is 4.39 Å². The number of hydrogen-bond donors (Lipinski definition) is 1. The molecule has 1 unspecified atom stereocenters. The molecule has 1 saturated heterocycles. The van der Waals surface area contributed by atoms with E-state index in [0.29, 0.717) is 6.04 Å². The number of halogens is 1. The fourth-order valence-corrected chi connectivity index (χ4v) is 2.57. The summed E-state index contributed by atoms with van der Waals surface area (Å²) in [6.07, 6.45) is 2.47. The highest BCUT2D eigenvalue weighted by molar-refractivity contribution is 5.25. The van der Waals surface area contributed by atoms with Crippen LogP contribution in [0, 0.1) is 5.82 Å². The lowest BCUT2D eigenvalue weighted by molar-refractivity contribution is 0.256. The monoisotopic (exact) mass is 250 g/mol. The van der Waals surface area contributed by atoms with Gasteiger partial charge in [0.1, 0.15) is 5.82 Å². The molecule has 0 aromatic heterocycles. The van der Waals surface area contributed by atoms with E-state index in [1.807, 2.05) is 12.1 Å². The molecule has 1 aliphatic rings. The van der Waals surface area contributed by atoms with E-state index in [4.69, 9.17) is 0 Å². The molecule has 0 saturated carbocycles. The molecular formula is C15H23FN2. The molecule has 1 aromatic rings. The van der Waals surface area contributed by atoms with Crippen LogP contribution in [0.25, 0.3) is 0 Å². The molecule has 3 heteroatoms. The van der Waals surface area contributed by atoms with Crippen molar-refractivity contribution in [2.45, 2.75) is 45.8 Å². The fourth-order valence-electron chi connectivity index (χ4n) is 2.57. The van der Waals surface area contributed by atoms with Crippen molar-refractivity contribution < 1.29 is 4.39 Å². The van der Waals surface area contributed by atoms with Crippen LogP contribution in [0.1, 0.15) is 37.8 Å². The highest BCUT2D eigenvalue weighted by Crippen LogP contribution is 2.21. The Morgan fingerprint density at radius 3 is 2.94 bits per heavy atom. The first-order chi connectivity index (χ1) is 8.70. The third-order valence-electron chi connectivity index (χ3n) is 3.75. The Labute approximate surface area is 109 Å². The van der Waals surface area contributed by atoms with Crippen LogP contribution in [-0.4, -0.2) is 24.0 Å². The fraction of sp³-hybridized carbons (Fsp3) is 0.600. The second-order valence-corrected chi connectivity index (χ2v) is 5.17. The van der Waals surface area contributed by atoms with Gasteiger partial charge in [0.15, 0.2) is 0 Å². The van der Waals surface area contributed by atoms with Gasteiger partial charge in [-0.3, -0.25) is 4.90 Å². The van der Waals surface area contributed by atoms with E-state index in [9.17, 15) is 4.39 Å². The SMILES string of the molecule is CCNCc1ccc(F)c(CN2CCCC2C)c1. The van der Waals surface area contributed by atoms with Crippen molar-refractivity contribution in [3.05, 3.63) is 35.1 Å². The molecular weight excluding hydrogens is 227 g/mol. The van der Waals surface area contributed by atoms with E-state index in [1.54, 1.807) is 6.07 Å². The summed E-state index contributed by atoms with van der Waals surface area (Å²) in [4.78, 5) is 2.37. The Hall–Kier alpha value is -0.930. The maximum absolute atomic E-state index is 13.8. The van der Waals surface area contributed by atoms with Gasteiger partial charge < -0.3 is 5.32 Å². The maximum Gasteiger partial charge on any atom is 0.127 e. The van der Waals surface area contributed by atoms with Gasteiger partial charge in [0.2, 0.25) is 0 Å². The minimum Gasteiger partial charge on any atom is -0.313 e. The first-order valence-electron chi connectivity index (χ1n) is 6.92. The van der Waals surface area contributed by atoms with E-state index in [2.05, 4.69) is 24.1 Å². The van der Waals surface area contributed by atoms with E-state index in [-0.39, 0.29) is 5.82 Å². The molecule has 1 aromatic carbocycles. The van der Waals surface area contributed by atoms with Crippen LogP contribution < -0.4 is 5.32 Å². The lowest BCUT2D eigenvalue weighted by Gasteiger charge is -2.21. The van der Waals surface area contributed by atoms with Crippen LogP contribution in [-0.2, 0) is 13.1 Å². The largest absolute Gasteiger partial charge is 0.313 e. The van der Waals surface area contributed by atoms with Crippen molar-refractivity contribution in [3.8, 4) is 0 Å². The van der Waals surface area contributed by atoms with Crippen LogP contribution in [0.15, 0.2) is 18.2 Å². The lowest BCUT2D eigenvalue weighted by Crippen LogP contribution is -2.26. The average molecular weight is 250 g/mol. The zero-order valence-corrected chi connectivity index (χ0v) is 11.4. The van der Waals surface area contributed by atoms with Crippen LogP contribution >= 0.6 is 0 Å². The molecule has 2 nitrogen and oxygen atoms in total. The van der Waals surface area contributed by atoms with Crippen molar-refractivity contribution in [2.75, 3.05) is 13.1 Å². The number of benzene rings is 1. The molecule has 0 bridgehead atoms.